The van der Waals surface area contributed by atoms with Gasteiger partial charge in [-0.3, -0.25) is 9.69 Å². The normalized spacial score (nSPS) is 18.5. The lowest BCUT2D eigenvalue weighted by Crippen LogP contribution is -2.41. The second-order valence-electron chi connectivity index (χ2n) is 5.26. The van der Waals surface area contributed by atoms with Crippen molar-refractivity contribution in [3.8, 4) is 5.75 Å². The number of carbonyl (C=O) groups is 1. The number of carboxylic acid groups (broad SMARTS) is 1. The molecule has 1 unspecified atom stereocenters. The van der Waals surface area contributed by atoms with E-state index in [9.17, 15) is 4.79 Å². The van der Waals surface area contributed by atoms with Gasteiger partial charge in [0, 0.05) is 19.0 Å². The summed E-state index contributed by atoms with van der Waals surface area (Å²) >= 11 is 11.9. The highest BCUT2D eigenvalue weighted by atomic mass is 35.5. The molecule has 2 rings (SSSR count). The Bertz CT molecular complexity index is 499. The minimum absolute atomic E-state index is 0. The highest BCUT2D eigenvalue weighted by Crippen LogP contribution is 2.28. The third kappa shape index (κ3) is 6.21. The second kappa shape index (κ2) is 9.46. The van der Waals surface area contributed by atoms with Crippen molar-refractivity contribution in [1.29, 1.82) is 0 Å². The van der Waals surface area contributed by atoms with Gasteiger partial charge in [-0.05, 0) is 44.5 Å². The van der Waals surface area contributed by atoms with Crippen LogP contribution in [-0.4, -0.2) is 41.7 Å². The summed E-state index contributed by atoms with van der Waals surface area (Å²) in [7, 11) is 0. The molecule has 1 heterocycles. The van der Waals surface area contributed by atoms with Gasteiger partial charge in [0.15, 0.2) is 0 Å². The van der Waals surface area contributed by atoms with Crippen LogP contribution in [0.1, 0.15) is 25.7 Å². The molecule has 22 heavy (non-hydrogen) atoms. The first kappa shape index (κ1) is 19.4. The molecule has 7 heteroatoms. The van der Waals surface area contributed by atoms with Crippen LogP contribution in [0.2, 0.25) is 10.0 Å². The van der Waals surface area contributed by atoms with E-state index in [1.54, 1.807) is 12.1 Å². The van der Waals surface area contributed by atoms with E-state index in [4.69, 9.17) is 33.0 Å². The van der Waals surface area contributed by atoms with E-state index >= 15 is 0 Å². The number of carboxylic acids is 1. The largest absolute Gasteiger partial charge is 0.489 e. The molecule has 1 saturated heterocycles. The summed E-state index contributed by atoms with van der Waals surface area (Å²) in [5, 5.41) is 9.68. The van der Waals surface area contributed by atoms with Crippen LogP contribution < -0.4 is 4.74 Å². The number of ether oxygens (including phenoxy) is 1. The fourth-order valence-electron chi connectivity index (χ4n) is 2.51. The van der Waals surface area contributed by atoms with Gasteiger partial charge in [-0.15, -0.1) is 12.4 Å². The first-order valence-corrected chi connectivity index (χ1v) is 7.86. The molecular weight excluding hydrogens is 349 g/mol. The molecule has 0 spiro atoms. The van der Waals surface area contributed by atoms with Crippen LogP contribution >= 0.6 is 35.6 Å². The maximum absolute atomic E-state index is 10.5. The fraction of sp³-hybridized carbons (Fsp3) is 0.533. The number of halogens is 3. The van der Waals surface area contributed by atoms with Crippen molar-refractivity contribution < 1.29 is 14.6 Å². The van der Waals surface area contributed by atoms with Gasteiger partial charge in [0.25, 0.3) is 0 Å². The van der Waals surface area contributed by atoms with Gasteiger partial charge in [0.05, 0.1) is 10.0 Å². The van der Waals surface area contributed by atoms with Crippen LogP contribution in [0, 0.1) is 0 Å². The zero-order valence-corrected chi connectivity index (χ0v) is 14.5. The second-order valence-corrected chi connectivity index (χ2v) is 6.07. The maximum atomic E-state index is 10.5. The number of nitrogens with zero attached hydrogens (tertiary/aromatic N) is 1. The Labute approximate surface area is 146 Å². The molecular formula is C15H20Cl3NO3. The molecule has 1 aromatic carbocycles. The van der Waals surface area contributed by atoms with E-state index in [1.165, 1.54) is 0 Å². The minimum atomic E-state index is -0.740. The molecule has 124 valence electrons. The molecule has 1 fully saturated rings. The van der Waals surface area contributed by atoms with Gasteiger partial charge in [-0.1, -0.05) is 23.2 Å². The van der Waals surface area contributed by atoms with Gasteiger partial charge in [0.2, 0.25) is 0 Å². The van der Waals surface area contributed by atoms with Crippen molar-refractivity contribution in [3.05, 3.63) is 28.2 Å². The Morgan fingerprint density at radius 3 is 2.82 bits per heavy atom. The molecule has 1 aliphatic rings. The van der Waals surface area contributed by atoms with Gasteiger partial charge < -0.3 is 9.84 Å². The predicted octanol–water partition coefficient (Wildman–Crippen LogP) is 4.12. The zero-order chi connectivity index (χ0) is 15.2. The van der Waals surface area contributed by atoms with Crippen molar-refractivity contribution in [2.45, 2.75) is 31.8 Å². The van der Waals surface area contributed by atoms with E-state index in [2.05, 4.69) is 4.90 Å². The summed E-state index contributed by atoms with van der Waals surface area (Å²) in [6, 6.07) is 5.28. The minimum Gasteiger partial charge on any atom is -0.489 e. The number of rotatable bonds is 6. The number of benzene rings is 1. The van der Waals surface area contributed by atoms with Crippen molar-refractivity contribution in [1.82, 2.24) is 4.90 Å². The van der Waals surface area contributed by atoms with Gasteiger partial charge in [0.1, 0.15) is 11.9 Å². The lowest BCUT2D eigenvalue weighted by atomic mass is 10.1. The van der Waals surface area contributed by atoms with Gasteiger partial charge >= 0.3 is 5.97 Å². The average Bonchev–Trinajstić information content (AvgIpc) is 2.43. The van der Waals surface area contributed by atoms with Crippen LogP contribution in [0.25, 0.3) is 0 Å². The first-order valence-electron chi connectivity index (χ1n) is 7.10. The smallest absolute Gasteiger partial charge is 0.303 e. The van der Waals surface area contributed by atoms with E-state index in [0.717, 1.165) is 38.2 Å². The summed E-state index contributed by atoms with van der Waals surface area (Å²) in [5.41, 5.74) is 0. The summed E-state index contributed by atoms with van der Waals surface area (Å²) in [6.45, 7) is 2.62. The average molecular weight is 369 g/mol. The third-order valence-electron chi connectivity index (χ3n) is 3.52. The Morgan fingerprint density at radius 2 is 2.14 bits per heavy atom. The Hall–Kier alpha value is -0.680. The number of hydrogen-bond acceptors (Lipinski definition) is 3. The predicted molar refractivity (Wildman–Crippen MR) is 90.7 cm³/mol. The number of piperidine rings is 1. The molecule has 1 atom stereocenters. The van der Waals surface area contributed by atoms with Crippen LogP contribution in [0.5, 0.6) is 5.75 Å². The summed E-state index contributed by atoms with van der Waals surface area (Å²) < 4.78 is 5.95. The van der Waals surface area contributed by atoms with Crippen molar-refractivity contribution in [2.75, 3.05) is 19.6 Å². The van der Waals surface area contributed by atoms with Crippen LogP contribution in [0.15, 0.2) is 18.2 Å². The van der Waals surface area contributed by atoms with Crippen LogP contribution in [0.3, 0.4) is 0 Å². The molecule has 0 saturated carbocycles. The van der Waals surface area contributed by atoms with E-state index in [1.807, 2.05) is 6.07 Å². The lowest BCUT2D eigenvalue weighted by molar-refractivity contribution is -0.137. The highest BCUT2D eigenvalue weighted by molar-refractivity contribution is 6.42. The Balaban J connectivity index is 0.00000242. The summed E-state index contributed by atoms with van der Waals surface area (Å²) in [5.74, 6) is -0.0163. The van der Waals surface area contributed by atoms with Crippen LogP contribution in [0.4, 0.5) is 0 Å². The van der Waals surface area contributed by atoms with Gasteiger partial charge in [-0.25, -0.2) is 0 Å². The molecule has 1 aromatic rings. The standard InChI is InChI=1S/C15H19Cl2NO3.ClH/c16-13-6-5-11(9-14(13)17)21-12-3-1-7-18(10-12)8-2-4-15(19)20;/h5-6,9,12H,1-4,7-8,10H2,(H,19,20);1H. The SMILES string of the molecule is Cl.O=C(O)CCCN1CCCC(Oc2ccc(Cl)c(Cl)c2)C1. The summed E-state index contributed by atoms with van der Waals surface area (Å²) in [6.07, 6.45) is 3.05. The molecule has 0 aliphatic carbocycles. The van der Waals surface area contributed by atoms with E-state index in [-0.39, 0.29) is 24.9 Å². The molecule has 1 aliphatic heterocycles. The van der Waals surface area contributed by atoms with E-state index < -0.39 is 5.97 Å². The molecule has 0 aromatic heterocycles. The first-order chi connectivity index (χ1) is 10.0. The molecule has 0 amide bonds. The molecule has 4 nitrogen and oxygen atoms in total. The highest BCUT2D eigenvalue weighted by Gasteiger charge is 2.21. The third-order valence-corrected chi connectivity index (χ3v) is 4.26. The number of hydrogen-bond donors (Lipinski definition) is 1. The quantitative estimate of drug-likeness (QED) is 0.820. The van der Waals surface area contributed by atoms with Crippen molar-refractivity contribution >= 4 is 41.6 Å². The van der Waals surface area contributed by atoms with Crippen molar-refractivity contribution in [3.63, 3.8) is 0 Å². The molecule has 0 radical (unpaired) electrons. The van der Waals surface area contributed by atoms with E-state index in [0.29, 0.717) is 16.5 Å². The Kier molecular flexibility index (Phi) is 8.33. The molecule has 0 bridgehead atoms. The number of likely N-dealkylation sites (tertiary alicyclic amines) is 1. The topological polar surface area (TPSA) is 49.8 Å². The monoisotopic (exact) mass is 367 g/mol. The molecule has 1 N–H and O–H groups in total. The summed E-state index contributed by atoms with van der Waals surface area (Å²) in [4.78, 5) is 12.8. The zero-order valence-electron chi connectivity index (χ0n) is 12.1. The van der Waals surface area contributed by atoms with Crippen LogP contribution in [-0.2, 0) is 4.79 Å². The van der Waals surface area contributed by atoms with Gasteiger partial charge in [-0.2, -0.15) is 0 Å². The van der Waals surface area contributed by atoms with Crippen molar-refractivity contribution in [2.24, 2.45) is 0 Å². The lowest BCUT2D eigenvalue weighted by Gasteiger charge is -2.32. The maximum Gasteiger partial charge on any atom is 0.303 e. The fourth-order valence-corrected chi connectivity index (χ4v) is 2.80. The Morgan fingerprint density at radius 1 is 1.36 bits per heavy atom. The number of aliphatic carboxylic acids is 1.